The second-order valence-corrected chi connectivity index (χ2v) is 7.48. The summed E-state index contributed by atoms with van der Waals surface area (Å²) < 4.78 is 18.0. The van der Waals surface area contributed by atoms with Gasteiger partial charge in [0.15, 0.2) is 0 Å². The first-order valence-electron chi connectivity index (χ1n) is 10.7. The van der Waals surface area contributed by atoms with Crippen LogP contribution in [-0.4, -0.2) is 5.91 Å². The van der Waals surface area contributed by atoms with E-state index in [1.807, 2.05) is 91.0 Å². The summed E-state index contributed by atoms with van der Waals surface area (Å²) >= 11 is 0. The summed E-state index contributed by atoms with van der Waals surface area (Å²) in [4.78, 5) is 12.4. The van der Waals surface area contributed by atoms with Crippen molar-refractivity contribution in [3.8, 4) is 17.2 Å². The Balaban J connectivity index is 1.62. The molecule has 0 bridgehead atoms. The fourth-order valence-corrected chi connectivity index (χ4v) is 3.33. The van der Waals surface area contributed by atoms with Crippen LogP contribution in [0.4, 0.5) is 0 Å². The first kappa shape index (κ1) is 22.0. The van der Waals surface area contributed by atoms with Crippen molar-refractivity contribution in [2.24, 2.45) is 5.73 Å². The topological polar surface area (TPSA) is 70.8 Å². The third kappa shape index (κ3) is 6.14. The monoisotopic (exact) mass is 439 g/mol. The largest absolute Gasteiger partial charge is 0.489 e. The summed E-state index contributed by atoms with van der Waals surface area (Å²) in [6.45, 7) is 0.926. The van der Waals surface area contributed by atoms with E-state index in [1.54, 1.807) is 12.1 Å². The Labute approximate surface area is 193 Å². The predicted molar refractivity (Wildman–Crippen MR) is 127 cm³/mol. The van der Waals surface area contributed by atoms with Gasteiger partial charge in [-0.1, -0.05) is 91.0 Å². The lowest BCUT2D eigenvalue weighted by Gasteiger charge is -2.17. The van der Waals surface area contributed by atoms with Gasteiger partial charge in [0.25, 0.3) is 5.91 Å². The summed E-state index contributed by atoms with van der Waals surface area (Å²) in [7, 11) is 0. The molecule has 0 spiro atoms. The van der Waals surface area contributed by atoms with Crippen molar-refractivity contribution in [3.05, 3.63) is 125 Å². The normalized spacial score (nSPS) is 10.4. The van der Waals surface area contributed by atoms with Crippen LogP contribution in [0.15, 0.2) is 103 Å². The minimum Gasteiger partial charge on any atom is -0.489 e. The average molecular weight is 440 g/mol. The molecule has 0 saturated carbocycles. The van der Waals surface area contributed by atoms with Crippen LogP contribution in [-0.2, 0) is 19.8 Å². The number of hydrogen-bond donors (Lipinski definition) is 1. The van der Waals surface area contributed by atoms with Crippen LogP contribution in [0.2, 0.25) is 0 Å². The van der Waals surface area contributed by atoms with Crippen LogP contribution >= 0.6 is 0 Å². The molecule has 33 heavy (non-hydrogen) atoms. The molecule has 0 unspecified atom stereocenters. The Morgan fingerprint density at radius 2 is 0.939 bits per heavy atom. The zero-order valence-electron chi connectivity index (χ0n) is 18.1. The van der Waals surface area contributed by atoms with Crippen LogP contribution in [0.1, 0.15) is 27.0 Å². The number of ether oxygens (including phenoxy) is 3. The van der Waals surface area contributed by atoms with Gasteiger partial charge >= 0.3 is 0 Å². The number of benzene rings is 4. The SMILES string of the molecule is NC(=O)c1c(OCc2ccccc2)cc(OCc2ccccc2)cc1OCc1ccccc1. The van der Waals surface area contributed by atoms with Gasteiger partial charge in [-0.2, -0.15) is 0 Å². The summed E-state index contributed by atoms with van der Waals surface area (Å²) in [6.07, 6.45) is 0. The fourth-order valence-electron chi connectivity index (χ4n) is 3.33. The lowest BCUT2D eigenvalue weighted by Crippen LogP contribution is -2.15. The van der Waals surface area contributed by atoms with Crippen LogP contribution in [0.3, 0.4) is 0 Å². The molecule has 4 aromatic carbocycles. The summed E-state index contributed by atoms with van der Waals surface area (Å²) in [6, 6.07) is 32.6. The van der Waals surface area contributed by atoms with Gasteiger partial charge < -0.3 is 19.9 Å². The van der Waals surface area contributed by atoms with Crippen molar-refractivity contribution in [1.82, 2.24) is 0 Å². The van der Waals surface area contributed by atoms with Crippen molar-refractivity contribution >= 4 is 5.91 Å². The van der Waals surface area contributed by atoms with Gasteiger partial charge in [0.05, 0.1) is 0 Å². The minimum atomic E-state index is -0.629. The molecule has 0 fully saturated rings. The molecule has 0 radical (unpaired) electrons. The number of amides is 1. The van der Waals surface area contributed by atoms with E-state index in [4.69, 9.17) is 19.9 Å². The Morgan fingerprint density at radius 3 is 1.30 bits per heavy atom. The van der Waals surface area contributed by atoms with Gasteiger partial charge in [0.2, 0.25) is 0 Å². The Morgan fingerprint density at radius 1 is 0.576 bits per heavy atom. The van der Waals surface area contributed by atoms with Crippen molar-refractivity contribution in [2.75, 3.05) is 0 Å². The molecule has 0 aliphatic heterocycles. The second-order valence-electron chi connectivity index (χ2n) is 7.48. The van der Waals surface area contributed by atoms with Crippen LogP contribution in [0.5, 0.6) is 17.2 Å². The minimum absolute atomic E-state index is 0.189. The third-order valence-corrected chi connectivity index (χ3v) is 5.01. The summed E-state index contributed by atoms with van der Waals surface area (Å²) in [5.41, 5.74) is 8.88. The number of carbonyl (C=O) groups excluding carboxylic acids is 1. The smallest absolute Gasteiger partial charge is 0.256 e. The maximum Gasteiger partial charge on any atom is 0.256 e. The van der Waals surface area contributed by atoms with E-state index < -0.39 is 5.91 Å². The molecular weight excluding hydrogens is 414 g/mol. The molecule has 166 valence electrons. The molecule has 2 N–H and O–H groups in total. The Bertz CT molecular complexity index is 1110. The van der Waals surface area contributed by atoms with Gasteiger partial charge in [-0.15, -0.1) is 0 Å². The predicted octanol–water partition coefficient (Wildman–Crippen LogP) is 5.52. The average Bonchev–Trinajstić information content (AvgIpc) is 2.86. The maximum absolute atomic E-state index is 12.4. The quantitative estimate of drug-likeness (QED) is 0.353. The molecule has 0 heterocycles. The molecular formula is C28H25NO4. The van der Waals surface area contributed by atoms with E-state index in [1.165, 1.54) is 0 Å². The molecule has 1 amide bonds. The lowest BCUT2D eigenvalue weighted by molar-refractivity contribution is 0.0991. The zero-order chi connectivity index (χ0) is 22.9. The summed E-state index contributed by atoms with van der Waals surface area (Å²) in [5, 5.41) is 0. The van der Waals surface area contributed by atoms with Gasteiger partial charge in [-0.05, 0) is 16.7 Å². The standard InChI is InChI=1S/C28H25NO4/c29-28(30)27-25(32-19-22-12-6-2-7-13-22)16-24(31-18-21-10-4-1-5-11-21)17-26(27)33-20-23-14-8-3-9-15-23/h1-17H,18-20H2,(H2,29,30). The van der Waals surface area contributed by atoms with Gasteiger partial charge in [0.1, 0.15) is 42.6 Å². The van der Waals surface area contributed by atoms with Gasteiger partial charge in [-0.3, -0.25) is 4.79 Å². The fraction of sp³-hybridized carbons (Fsp3) is 0.107. The molecule has 4 aromatic rings. The number of rotatable bonds is 10. The van der Waals surface area contributed by atoms with Crippen molar-refractivity contribution < 1.29 is 19.0 Å². The second kappa shape index (κ2) is 10.9. The molecule has 5 nitrogen and oxygen atoms in total. The van der Waals surface area contributed by atoms with E-state index >= 15 is 0 Å². The first-order chi connectivity index (χ1) is 16.2. The number of hydrogen-bond acceptors (Lipinski definition) is 4. The number of nitrogens with two attached hydrogens (primary N) is 1. The number of primary amides is 1. The lowest BCUT2D eigenvalue weighted by atomic mass is 10.1. The van der Waals surface area contributed by atoms with Crippen molar-refractivity contribution in [3.63, 3.8) is 0 Å². The summed E-state index contributed by atoms with van der Waals surface area (Å²) in [5.74, 6) is 0.533. The zero-order valence-corrected chi connectivity index (χ0v) is 18.1. The molecule has 0 atom stereocenters. The van der Waals surface area contributed by atoms with Crippen molar-refractivity contribution in [1.29, 1.82) is 0 Å². The molecule has 0 aliphatic rings. The number of carbonyl (C=O) groups is 1. The molecule has 4 rings (SSSR count). The first-order valence-corrected chi connectivity index (χ1v) is 10.7. The van der Waals surface area contributed by atoms with Crippen LogP contribution < -0.4 is 19.9 Å². The van der Waals surface area contributed by atoms with E-state index in [0.29, 0.717) is 23.9 Å². The van der Waals surface area contributed by atoms with E-state index in [9.17, 15) is 4.79 Å². The van der Waals surface area contributed by atoms with E-state index in [-0.39, 0.29) is 18.8 Å². The van der Waals surface area contributed by atoms with E-state index in [2.05, 4.69) is 0 Å². The molecule has 5 heteroatoms. The van der Waals surface area contributed by atoms with Gasteiger partial charge in [-0.25, -0.2) is 0 Å². The van der Waals surface area contributed by atoms with Crippen molar-refractivity contribution in [2.45, 2.75) is 19.8 Å². The highest BCUT2D eigenvalue weighted by atomic mass is 16.5. The Hall–Kier alpha value is -4.25. The highest BCUT2D eigenvalue weighted by molar-refractivity contribution is 5.98. The highest BCUT2D eigenvalue weighted by Crippen LogP contribution is 2.35. The van der Waals surface area contributed by atoms with Crippen LogP contribution in [0, 0.1) is 0 Å². The molecule has 0 aromatic heterocycles. The highest BCUT2D eigenvalue weighted by Gasteiger charge is 2.20. The van der Waals surface area contributed by atoms with Crippen LogP contribution in [0.25, 0.3) is 0 Å². The maximum atomic E-state index is 12.4. The third-order valence-electron chi connectivity index (χ3n) is 5.01. The van der Waals surface area contributed by atoms with Gasteiger partial charge in [0, 0.05) is 12.1 Å². The molecule has 0 saturated heterocycles. The molecule has 0 aliphatic carbocycles. The van der Waals surface area contributed by atoms with E-state index in [0.717, 1.165) is 16.7 Å². The Kier molecular flexibility index (Phi) is 7.23.